The lowest BCUT2D eigenvalue weighted by Gasteiger charge is -2.31. The van der Waals surface area contributed by atoms with Crippen LogP contribution in [0.4, 0.5) is 0 Å². The van der Waals surface area contributed by atoms with Gasteiger partial charge >= 0.3 is 5.79 Å². The third kappa shape index (κ3) is 7.50. The summed E-state index contributed by atoms with van der Waals surface area (Å²) in [5.41, 5.74) is 14.9. The Morgan fingerprint density at radius 2 is 0.803 bits per heavy atom. The highest BCUT2D eigenvalue weighted by atomic mass is 79.9. The molecule has 1 radical (unpaired) electrons. The Morgan fingerprint density at radius 1 is 0.364 bits per heavy atom. The first-order chi connectivity index (χ1) is 32.6. The minimum absolute atomic E-state index is 0.641. The highest BCUT2D eigenvalue weighted by molar-refractivity contribution is 9.10. The minimum atomic E-state index is -1.43. The van der Waals surface area contributed by atoms with E-state index in [1.807, 2.05) is 24.3 Å². The van der Waals surface area contributed by atoms with Crippen LogP contribution >= 0.6 is 27.5 Å². The lowest BCUT2D eigenvalue weighted by Crippen LogP contribution is -2.37. The summed E-state index contributed by atoms with van der Waals surface area (Å²) in [4.78, 5) is 0. The monoisotopic (exact) mass is 931 g/mol. The second-order valence-electron chi connectivity index (χ2n) is 16.3. The van der Waals surface area contributed by atoms with Crippen molar-refractivity contribution in [1.29, 1.82) is 0 Å². The predicted molar refractivity (Wildman–Crippen MR) is 275 cm³/mol. The van der Waals surface area contributed by atoms with E-state index < -0.39 is 5.79 Å². The number of hydrogen-bond donors (Lipinski definition) is 0. The first kappa shape index (κ1) is 41.3. The first-order valence-corrected chi connectivity index (χ1v) is 23.2. The maximum absolute atomic E-state index is 7.99. The SMILES string of the molecule is Clc1ccc(-c2ccccc2-c2c3c(c(-c4ccccc4)c(-c4ccccc4)c2[C](c2ccccc2)c2ccc(Br)cc2)OC(c2ccccc2)(c2ccccc2-c2ccccc2)O3)cc1. The highest BCUT2D eigenvalue weighted by Crippen LogP contribution is 2.63. The molecule has 1 atom stereocenters. The number of rotatable bonds is 10. The Balaban J connectivity index is 1.36. The van der Waals surface area contributed by atoms with E-state index in [9.17, 15) is 0 Å². The molecule has 0 N–H and O–H groups in total. The fraction of sp³-hybridized carbons (Fsp3) is 0.0161. The molecular formula is C62H41BrClO2. The maximum Gasteiger partial charge on any atom is 0.306 e. The zero-order valence-corrected chi connectivity index (χ0v) is 38.1. The van der Waals surface area contributed by atoms with Gasteiger partial charge in [-0.25, -0.2) is 0 Å². The Kier molecular flexibility index (Phi) is 11.2. The van der Waals surface area contributed by atoms with Crippen molar-refractivity contribution in [3.63, 3.8) is 0 Å². The predicted octanol–water partition coefficient (Wildman–Crippen LogP) is 17.1. The average molecular weight is 933 g/mol. The summed E-state index contributed by atoms with van der Waals surface area (Å²) in [6.07, 6.45) is 0. The lowest BCUT2D eigenvalue weighted by molar-refractivity contribution is -0.0449. The summed E-state index contributed by atoms with van der Waals surface area (Å²) >= 11 is 10.3. The number of hydrogen-bond acceptors (Lipinski definition) is 2. The second kappa shape index (κ2) is 17.9. The largest absolute Gasteiger partial charge is 0.440 e. The molecule has 0 saturated heterocycles. The van der Waals surface area contributed by atoms with E-state index in [2.05, 4.69) is 240 Å². The summed E-state index contributed by atoms with van der Waals surface area (Å²) in [6, 6.07) is 86.8. The molecule has 1 aliphatic heterocycles. The molecule has 11 rings (SSSR count). The molecule has 0 amide bonds. The van der Waals surface area contributed by atoms with Crippen molar-refractivity contribution in [2.24, 2.45) is 0 Å². The van der Waals surface area contributed by atoms with Crippen LogP contribution in [-0.2, 0) is 5.79 Å². The van der Waals surface area contributed by atoms with Crippen LogP contribution in [0.1, 0.15) is 27.8 Å². The smallest absolute Gasteiger partial charge is 0.306 e. The molecule has 2 nitrogen and oxygen atoms in total. The van der Waals surface area contributed by atoms with Crippen LogP contribution in [0.25, 0.3) is 55.6 Å². The quantitative estimate of drug-likeness (QED) is 0.127. The summed E-state index contributed by atoms with van der Waals surface area (Å²) in [6.45, 7) is 0. The number of benzene rings is 10. The van der Waals surface area contributed by atoms with Crippen LogP contribution in [0.5, 0.6) is 11.5 Å². The molecule has 0 aliphatic carbocycles. The van der Waals surface area contributed by atoms with E-state index in [1.54, 1.807) is 0 Å². The normalized spacial score (nSPS) is 14.0. The molecule has 0 fully saturated rings. The fourth-order valence-electron chi connectivity index (χ4n) is 9.43. The van der Waals surface area contributed by atoms with Gasteiger partial charge in [0.15, 0.2) is 11.5 Å². The molecule has 1 heterocycles. The molecule has 1 unspecified atom stereocenters. The Labute approximate surface area is 399 Å². The standard InChI is InChI=1S/C62H41BrClO2/c63-49-38-34-47(35-39-49)55(44-22-8-2-9-23-44)59-56(45-24-10-3-11-25-45)57(46-26-12-4-13-27-46)60-61(58(59)53-32-17-16-30-51(53)43-36-40-50(64)41-37-43)66-62(65-60,48-28-14-5-15-29-48)54-33-19-18-31-52(54)42-20-6-1-7-21-42/h1-41H. The molecular weight excluding hydrogens is 892 g/mol. The molecule has 0 bridgehead atoms. The molecule has 0 aromatic heterocycles. The van der Waals surface area contributed by atoms with Crippen LogP contribution in [0.15, 0.2) is 253 Å². The van der Waals surface area contributed by atoms with E-state index >= 15 is 0 Å². The Morgan fingerprint density at radius 3 is 1.41 bits per heavy atom. The second-order valence-corrected chi connectivity index (χ2v) is 17.6. The van der Waals surface area contributed by atoms with Crippen LogP contribution in [0.2, 0.25) is 5.02 Å². The van der Waals surface area contributed by atoms with Gasteiger partial charge in [-0.05, 0) is 85.5 Å². The molecule has 66 heavy (non-hydrogen) atoms. The van der Waals surface area contributed by atoms with Crippen molar-refractivity contribution < 1.29 is 9.47 Å². The average Bonchev–Trinajstić information content (AvgIpc) is 3.79. The number of halogens is 2. The maximum atomic E-state index is 7.99. The van der Waals surface area contributed by atoms with Crippen molar-refractivity contribution >= 4 is 27.5 Å². The molecule has 10 aromatic rings. The van der Waals surface area contributed by atoms with Gasteiger partial charge in [-0.1, -0.05) is 252 Å². The molecule has 315 valence electrons. The van der Waals surface area contributed by atoms with E-state index in [4.69, 9.17) is 21.1 Å². The van der Waals surface area contributed by atoms with Gasteiger partial charge in [0.25, 0.3) is 0 Å². The van der Waals surface area contributed by atoms with Gasteiger partial charge in [0.1, 0.15) is 0 Å². The summed E-state index contributed by atoms with van der Waals surface area (Å²) in [5, 5.41) is 0.674. The Hall–Kier alpha value is -7.43. The fourth-order valence-corrected chi connectivity index (χ4v) is 9.82. The number of fused-ring (bicyclic) bond motifs is 1. The van der Waals surface area contributed by atoms with Gasteiger partial charge in [-0.3, -0.25) is 0 Å². The Bertz CT molecular complexity index is 3290. The van der Waals surface area contributed by atoms with E-state index in [1.165, 1.54) is 0 Å². The lowest BCUT2D eigenvalue weighted by atomic mass is 9.74. The number of ether oxygens (including phenoxy) is 2. The molecule has 1 aliphatic rings. The zero-order chi connectivity index (χ0) is 44.5. The highest BCUT2D eigenvalue weighted by Gasteiger charge is 2.51. The van der Waals surface area contributed by atoms with Gasteiger partial charge in [0.05, 0.1) is 5.92 Å². The van der Waals surface area contributed by atoms with Crippen LogP contribution in [0, 0.1) is 5.92 Å². The van der Waals surface area contributed by atoms with Gasteiger partial charge in [0, 0.05) is 31.7 Å². The van der Waals surface area contributed by atoms with Gasteiger partial charge in [-0.15, -0.1) is 0 Å². The minimum Gasteiger partial charge on any atom is -0.440 e. The topological polar surface area (TPSA) is 18.5 Å². The van der Waals surface area contributed by atoms with Crippen LogP contribution < -0.4 is 9.47 Å². The van der Waals surface area contributed by atoms with Crippen molar-refractivity contribution in [3.05, 3.63) is 292 Å². The van der Waals surface area contributed by atoms with Crippen LogP contribution in [0.3, 0.4) is 0 Å². The summed E-state index contributed by atoms with van der Waals surface area (Å²) in [7, 11) is 0. The third-order valence-corrected chi connectivity index (χ3v) is 13.1. The van der Waals surface area contributed by atoms with E-state index in [0.717, 1.165) is 93.8 Å². The van der Waals surface area contributed by atoms with Gasteiger partial charge < -0.3 is 9.47 Å². The van der Waals surface area contributed by atoms with Gasteiger partial charge in [0.2, 0.25) is 0 Å². The van der Waals surface area contributed by atoms with Crippen molar-refractivity contribution in [3.8, 4) is 67.1 Å². The molecule has 10 aromatic carbocycles. The molecule has 0 saturated carbocycles. The van der Waals surface area contributed by atoms with E-state index in [0.29, 0.717) is 16.5 Å². The van der Waals surface area contributed by atoms with Crippen molar-refractivity contribution in [2.75, 3.05) is 0 Å². The molecule has 4 heteroatoms. The van der Waals surface area contributed by atoms with E-state index in [-0.39, 0.29) is 0 Å². The summed E-state index contributed by atoms with van der Waals surface area (Å²) in [5.74, 6) is 0.913. The first-order valence-electron chi connectivity index (χ1n) is 22.0. The third-order valence-electron chi connectivity index (χ3n) is 12.3. The molecule has 0 spiro atoms. The summed E-state index contributed by atoms with van der Waals surface area (Å²) < 4.78 is 16.9. The van der Waals surface area contributed by atoms with Crippen molar-refractivity contribution in [2.45, 2.75) is 5.79 Å². The van der Waals surface area contributed by atoms with Gasteiger partial charge in [-0.2, -0.15) is 0 Å². The zero-order valence-electron chi connectivity index (χ0n) is 35.7. The van der Waals surface area contributed by atoms with Crippen LogP contribution in [-0.4, -0.2) is 0 Å². The van der Waals surface area contributed by atoms with Crippen molar-refractivity contribution in [1.82, 2.24) is 0 Å².